The van der Waals surface area contributed by atoms with Crippen LogP contribution >= 0.6 is 23.5 Å². The first-order chi connectivity index (χ1) is 35.3. The molecule has 1 saturated heterocycles. The van der Waals surface area contributed by atoms with E-state index in [1.165, 1.54) is 28.4 Å². The lowest BCUT2D eigenvalue weighted by Gasteiger charge is -2.39. The zero-order valence-corrected chi connectivity index (χ0v) is 45.3. The summed E-state index contributed by atoms with van der Waals surface area (Å²) in [6.45, 7) is 4.92. The van der Waals surface area contributed by atoms with E-state index in [9.17, 15) is 48.2 Å². The van der Waals surface area contributed by atoms with Crippen LogP contribution in [0.2, 0.25) is 0 Å². The molecule has 1 aliphatic heterocycles. The molecule has 7 atom stereocenters. The summed E-state index contributed by atoms with van der Waals surface area (Å²) < 4.78 is 55.3. The van der Waals surface area contributed by atoms with Gasteiger partial charge < -0.3 is 55.0 Å². The van der Waals surface area contributed by atoms with Crippen molar-refractivity contribution < 1.29 is 75.5 Å². The number of carbonyl (C=O) groups is 2. The quantitative estimate of drug-likeness (QED) is 0.0311. The van der Waals surface area contributed by atoms with Crippen molar-refractivity contribution in [2.24, 2.45) is 0 Å². The topological polar surface area (TPSA) is 324 Å². The Balaban J connectivity index is 0.850. The molecule has 1 fully saturated rings. The van der Waals surface area contributed by atoms with Crippen LogP contribution < -0.4 is 20.4 Å². The first kappa shape index (κ1) is 57.4. The molecule has 0 spiro atoms. The number of fused-ring (bicyclic) bond motifs is 3. The maximum Gasteiger partial charge on any atom is 0.487 e. The predicted octanol–water partition coefficient (Wildman–Crippen LogP) is 4.17. The van der Waals surface area contributed by atoms with E-state index in [1.54, 1.807) is 11.9 Å². The molecular formula is C48H64N9O15P3. The van der Waals surface area contributed by atoms with Crippen LogP contribution in [0.15, 0.2) is 84.5 Å². The Bertz CT molecular complexity index is 3080. The van der Waals surface area contributed by atoms with Gasteiger partial charge in [0.15, 0.2) is 28.9 Å². The molecule has 7 N–H and O–H groups in total. The summed E-state index contributed by atoms with van der Waals surface area (Å²) in [6, 6.07) is 14.3. The lowest BCUT2D eigenvalue weighted by atomic mass is 9.64. The summed E-state index contributed by atoms with van der Waals surface area (Å²) in [5.74, 6) is 0.162. The van der Waals surface area contributed by atoms with Gasteiger partial charge in [-0.3, -0.25) is 23.2 Å². The van der Waals surface area contributed by atoms with E-state index < -0.39 is 54.6 Å². The van der Waals surface area contributed by atoms with Crippen molar-refractivity contribution in [3.05, 3.63) is 107 Å². The number of imidazole rings is 1. The number of amides is 2. The van der Waals surface area contributed by atoms with Gasteiger partial charge in [0.05, 0.1) is 12.9 Å². The van der Waals surface area contributed by atoms with E-state index in [0.29, 0.717) is 43.0 Å². The Labute approximate surface area is 433 Å². The van der Waals surface area contributed by atoms with Gasteiger partial charge in [-0.1, -0.05) is 51.0 Å². The minimum absolute atomic E-state index is 0.0882. The van der Waals surface area contributed by atoms with Crippen LogP contribution in [0.25, 0.3) is 16.7 Å². The normalized spacial score (nSPS) is 21.3. The van der Waals surface area contributed by atoms with Gasteiger partial charge in [-0.05, 0) is 76.9 Å². The highest BCUT2D eigenvalue weighted by Crippen LogP contribution is 2.65. The molecule has 3 unspecified atom stereocenters. The molecule has 2 aliphatic carbocycles. The van der Waals surface area contributed by atoms with Crippen molar-refractivity contribution >= 4 is 69.2 Å². The molecule has 2 amide bonds. The highest BCUT2D eigenvalue weighted by Gasteiger charge is 2.47. The number of nitrogens with zero attached hydrogens (tertiary/aromatic N) is 7. The first-order valence-electron chi connectivity index (χ1n) is 24.1. The number of ether oxygens (including phenoxy) is 1. The number of phosphoric ester groups is 1. The van der Waals surface area contributed by atoms with E-state index >= 15 is 0 Å². The molecule has 0 saturated carbocycles. The van der Waals surface area contributed by atoms with Crippen molar-refractivity contribution in [1.82, 2.24) is 29.7 Å². The van der Waals surface area contributed by atoms with Crippen molar-refractivity contribution in [3.8, 4) is 0 Å². The molecule has 4 aromatic rings. The van der Waals surface area contributed by atoms with Gasteiger partial charge in [0, 0.05) is 76.0 Å². The number of aliphatic hydroxyl groups excluding tert-OH is 2. The van der Waals surface area contributed by atoms with Crippen LogP contribution in [0.4, 0.5) is 11.5 Å². The smallest absolute Gasteiger partial charge is 0.487 e. The fourth-order valence-corrected chi connectivity index (χ4v) is 12.2. The Kier molecular flexibility index (Phi) is 18.0. The van der Waals surface area contributed by atoms with Gasteiger partial charge in [0.25, 0.3) is 13.7 Å². The van der Waals surface area contributed by atoms with E-state index in [4.69, 9.17) is 9.63 Å². The predicted molar refractivity (Wildman–Crippen MR) is 276 cm³/mol. The SMILES string of the molecule is CN(CCCC(=O)NCCCCCCNc1ncnc2c1ncn2[C@@H]1O[C@H](COP(=O)(O)OP(=O)(O)OP(=O)([O-])O)[C@@H](O)[C@H]1O)C(=O)c1ccccc1C1=C2C=CC(=[N+](C)C)C=C2C(C)(C)c2cc(N(C)C)ccc21. The minimum atomic E-state index is -5.86. The van der Waals surface area contributed by atoms with Crippen LogP contribution in [0.5, 0.6) is 0 Å². The molecule has 2 aromatic heterocycles. The summed E-state index contributed by atoms with van der Waals surface area (Å²) in [5, 5.41) is 27.5. The summed E-state index contributed by atoms with van der Waals surface area (Å²) in [4.78, 5) is 82.2. The van der Waals surface area contributed by atoms with Gasteiger partial charge in [0.1, 0.15) is 38.7 Å². The number of allylic oxidation sites excluding steroid dienone is 5. The molecule has 75 heavy (non-hydrogen) atoms. The van der Waals surface area contributed by atoms with E-state index in [2.05, 4.69) is 98.5 Å². The number of carbonyl (C=O) groups excluding carboxylic acids is 2. The minimum Gasteiger partial charge on any atom is -0.756 e. The van der Waals surface area contributed by atoms with Gasteiger partial charge in [-0.2, -0.15) is 4.31 Å². The first-order valence-corrected chi connectivity index (χ1v) is 28.6. The maximum absolute atomic E-state index is 14.3. The number of aliphatic hydroxyl groups is 2. The molecule has 3 aliphatic rings. The Morgan fingerprint density at radius 3 is 2.32 bits per heavy atom. The molecule has 24 nitrogen and oxygen atoms in total. The summed E-state index contributed by atoms with van der Waals surface area (Å²) in [7, 11) is -7.32. The summed E-state index contributed by atoms with van der Waals surface area (Å²) in [6.07, 6.45) is 6.76. The Hall–Kier alpha value is -5.29. The number of phosphoric acid groups is 3. The van der Waals surface area contributed by atoms with Crippen molar-refractivity contribution in [2.75, 3.05) is 71.7 Å². The fourth-order valence-electron chi connectivity index (χ4n) is 9.20. The third-order valence-corrected chi connectivity index (χ3v) is 16.9. The summed E-state index contributed by atoms with van der Waals surface area (Å²) >= 11 is 0. The molecule has 0 bridgehead atoms. The largest absolute Gasteiger partial charge is 0.756 e. The fraction of sp³-hybridized carbons (Fsp3) is 0.458. The average Bonchev–Trinajstić information content (AvgIpc) is 3.89. The number of unbranched alkanes of at least 4 members (excludes halogenated alkanes) is 3. The van der Waals surface area contributed by atoms with Gasteiger partial charge in [0.2, 0.25) is 5.91 Å². The monoisotopic (exact) mass is 1100 g/mol. The third kappa shape index (κ3) is 13.6. The standard InChI is InChI=1S/C48H64N9O15P3/c1-48(2)36-25-30(54(3)4)18-20-34(36)40(35-21-19-31(55(5)6)26-37(35)48)32-15-10-11-16-33(32)46(61)56(7)24-14-17-39(58)49-22-12-8-9-13-23-50-44-41-45(52-28-51-44)57(29-53-41)47-43(60)42(59)38(70-47)27-69-74(65,66)72-75(67,68)71-73(62,63)64/h10-11,15-16,18-21,25-26,28-29,38,42-43,47,59-60H,8-9,12-14,17,22-24,27H2,1-7H3,(H5-,49,50,51,52,58,62,63,64,65,66,67,68)/t38-,42-,43-,47-/m1/s1. The van der Waals surface area contributed by atoms with Crippen LogP contribution in [-0.2, 0) is 41.8 Å². The van der Waals surface area contributed by atoms with Crippen molar-refractivity contribution in [1.29, 1.82) is 0 Å². The lowest BCUT2D eigenvalue weighted by molar-refractivity contribution is -0.462. The van der Waals surface area contributed by atoms with Crippen molar-refractivity contribution in [2.45, 2.75) is 82.3 Å². The average molecular weight is 1100 g/mol. The van der Waals surface area contributed by atoms with Gasteiger partial charge in [-0.25, -0.2) is 33.0 Å². The summed E-state index contributed by atoms with van der Waals surface area (Å²) in [5.41, 5.74) is 9.40. The van der Waals surface area contributed by atoms with Crippen LogP contribution in [0.3, 0.4) is 0 Å². The van der Waals surface area contributed by atoms with Gasteiger partial charge in [-0.15, -0.1) is 0 Å². The van der Waals surface area contributed by atoms with Crippen LogP contribution in [0.1, 0.15) is 85.6 Å². The molecule has 2 aromatic carbocycles. The second kappa shape index (κ2) is 23.5. The zero-order chi connectivity index (χ0) is 54.6. The number of benzene rings is 2. The number of anilines is 2. The van der Waals surface area contributed by atoms with Crippen molar-refractivity contribution in [3.63, 3.8) is 0 Å². The van der Waals surface area contributed by atoms with Crippen LogP contribution in [-0.4, -0.2) is 151 Å². The second-order valence-corrected chi connectivity index (χ2v) is 23.6. The molecule has 7 rings (SSSR count). The number of hydrogen-bond acceptors (Lipinski definition) is 17. The number of aromatic nitrogens is 4. The highest BCUT2D eigenvalue weighted by molar-refractivity contribution is 7.66. The lowest BCUT2D eigenvalue weighted by Crippen LogP contribution is -2.33. The van der Waals surface area contributed by atoms with E-state index in [1.807, 2.05) is 52.5 Å². The van der Waals surface area contributed by atoms with E-state index in [0.717, 1.165) is 59.4 Å². The zero-order valence-electron chi connectivity index (χ0n) is 42.6. The Morgan fingerprint density at radius 1 is 0.893 bits per heavy atom. The van der Waals surface area contributed by atoms with E-state index in [-0.39, 0.29) is 29.3 Å². The van der Waals surface area contributed by atoms with Gasteiger partial charge >= 0.3 is 15.6 Å². The number of hydrogen-bond donors (Lipinski definition) is 7. The Morgan fingerprint density at radius 2 is 1.61 bits per heavy atom. The second-order valence-electron chi connectivity index (χ2n) is 19.3. The molecule has 406 valence electrons. The molecular weight excluding hydrogens is 1040 g/mol. The highest BCUT2D eigenvalue weighted by atomic mass is 31.3. The molecule has 27 heteroatoms. The van der Waals surface area contributed by atoms with Crippen LogP contribution in [0, 0.1) is 0 Å². The maximum atomic E-state index is 14.3. The number of rotatable bonds is 23. The third-order valence-electron chi connectivity index (χ3n) is 13.1. The molecule has 0 radical (unpaired) electrons. The molecule has 3 heterocycles. The number of nitrogens with one attached hydrogen (secondary N) is 2.